The highest BCUT2D eigenvalue weighted by molar-refractivity contribution is 14.0. The largest absolute Gasteiger partial charge is 0.491 e. The number of fused-ring (bicyclic) bond motifs is 1. The Morgan fingerprint density at radius 1 is 1.28 bits per heavy atom. The van der Waals surface area contributed by atoms with Crippen molar-refractivity contribution in [2.45, 2.75) is 79.1 Å². The Kier molecular flexibility index (Phi) is 10.5. The van der Waals surface area contributed by atoms with E-state index < -0.39 is 0 Å². The van der Waals surface area contributed by atoms with Crippen molar-refractivity contribution in [3.8, 4) is 5.75 Å². The van der Waals surface area contributed by atoms with Crippen LogP contribution in [0.15, 0.2) is 28.0 Å². The van der Waals surface area contributed by atoms with Gasteiger partial charge < -0.3 is 15.4 Å². The molecule has 0 fully saturated rings. The molecule has 0 spiro atoms. The van der Waals surface area contributed by atoms with E-state index >= 15 is 0 Å². The Morgan fingerprint density at radius 3 is 2.81 bits per heavy atom. The van der Waals surface area contributed by atoms with Gasteiger partial charge in [0.15, 0.2) is 5.96 Å². The molecule has 32 heavy (non-hydrogen) atoms. The average molecular weight is 556 g/mol. The normalized spacial score (nSPS) is 13.5. The number of hydrogen-bond donors (Lipinski definition) is 2. The molecular weight excluding hydrogens is 519 g/mol. The standard InChI is InChI=1S/C23H36N6O2.HI/c1-5-24-22(26-16-19-11-10-18(4)15-20(19)31-17(2)3)25-12-8-14-29-23(30)28-13-7-6-9-21(28)27-29;/h10-11,15,17H,5-9,12-14,16H2,1-4H3,(H2,24,25,26);1H. The fourth-order valence-corrected chi connectivity index (χ4v) is 3.69. The summed E-state index contributed by atoms with van der Waals surface area (Å²) in [6, 6.07) is 6.22. The van der Waals surface area contributed by atoms with Crippen LogP contribution in [0.3, 0.4) is 0 Å². The van der Waals surface area contributed by atoms with Crippen molar-refractivity contribution in [3.05, 3.63) is 45.6 Å². The molecule has 0 atom stereocenters. The molecule has 1 aliphatic heterocycles. The molecule has 2 heterocycles. The number of rotatable bonds is 9. The number of aliphatic imine (C=N–C) groups is 1. The molecule has 0 saturated carbocycles. The number of aromatic nitrogens is 3. The Bertz CT molecular complexity index is 950. The third-order valence-corrected chi connectivity index (χ3v) is 5.21. The second kappa shape index (κ2) is 12.9. The number of halogens is 1. The van der Waals surface area contributed by atoms with Crippen LogP contribution in [0.5, 0.6) is 5.75 Å². The maximum Gasteiger partial charge on any atom is 0.345 e. The van der Waals surface area contributed by atoms with Gasteiger partial charge in [-0.05, 0) is 58.6 Å². The van der Waals surface area contributed by atoms with Gasteiger partial charge >= 0.3 is 5.69 Å². The zero-order valence-electron chi connectivity index (χ0n) is 19.7. The first-order chi connectivity index (χ1) is 15.0. The van der Waals surface area contributed by atoms with Crippen molar-refractivity contribution in [1.29, 1.82) is 0 Å². The highest BCUT2D eigenvalue weighted by atomic mass is 127. The van der Waals surface area contributed by atoms with Crippen LogP contribution in [0.4, 0.5) is 0 Å². The zero-order valence-corrected chi connectivity index (χ0v) is 22.0. The lowest BCUT2D eigenvalue weighted by Crippen LogP contribution is -2.38. The molecule has 2 N–H and O–H groups in total. The number of hydrogen-bond acceptors (Lipinski definition) is 4. The summed E-state index contributed by atoms with van der Waals surface area (Å²) in [6.45, 7) is 11.6. The molecule has 0 aliphatic carbocycles. The number of benzene rings is 1. The summed E-state index contributed by atoms with van der Waals surface area (Å²) in [5, 5.41) is 11.1. The van der Waals surface area contributed by atoms with Crippen LogP contribution in [0, 0.1) is 6.92 Å². The van der Waals surface area contributed by atoms with Gasteiger partial charge in [-0.1, -0.05) is 12.1 Å². The van der Waals surface area contributed by atoms with Crippen LogP contribution in [-0.2, 0) is 26.1 Å². The van der Waals surface area contributed by atoms with E-state index in [1.54, 1.807) is 4.68 Å². The van der Waals surface area contributed by atoms with E-state index in [1.165, 1.54) is 5.56 Å². The van der Waals surface area contributed by atoms with Crippen LogP contribution in [0.25, 0.3) is 0 Å². The lowest BCUT2D eigenvalue weighted by atomic mass is 10.1. The van der Waals surface area contributed by atoms with Gasteiger partial charge in [-0.15, -0.1) is 24.0 Å². The van der Waals surface area contributed by atoms with E-state index in [2.05, 4.69) is 40.9 Å². The summed E-state index contributed by atoms with van der Waals surface area (Å²) in [4.78, 5) is 17.2. The molecule has 1 aromatic carbocycles. The first kappa shape index (κ1) is 26.2. The van der Waals surface area contributed by atoms with E-state index in [0.29, 0.717) is 19.6 Å². The first-order valence-electron chi connectivity index (χ1n) is 11.4. The minimum absolute atomic E-state index is 0. The van der Waals surface area contributed by atoms with E-state index in [1.807, 2.05) is 25.3 Å². The second-order valence-corrected chi connectivity index (χ2v) is 8.28. The van der Waals surface area contributed by atoms with Gasteiger partial charge in [0.05, 0.1) is 12.6 Å². The van der Waals surface area contributed by atoms with Crippen LogP contribution in [-0.4, -0.2) is 39.5 Å². The molecule has 0 unspecified atom stereocenters. The molecule has 2 aromatic rings. The molecule has 1 aromatic heterocycles. The van der Waals surface area contributed by atoms with Crippen molar-refractivity contribution >= 4 is 29.9 Å². The van der Waals surface area contributed by atoms with E-state index in [0.717, 1.165) is 61.9 Å². The molecule has 9 heteroatoms. The molecule has 1 aliphatic rings. The number of ether oxygens (including phenoxy) is 1. The Hall–Kier alpha value is -2.04. The van der Waals surface area contributed by atoms with Crippen molar-refractivity contribution in [2.24, 2.45) is 4.99 Å². The highest BCUT2D eigenvalue weighted by Crippen LogP contribution is 2.22. The second-order valence-electron chi connectivity index (χ2n) is 8.28. The van der Waals surface area contributed by atoms with Gasteiger partial charge in [0, 0.05) is 38.2 Å². The van der Waals surface area contributed by atoms with Gasteiger partial charge in [0.2, 0.25) is 0 Å². The van der Waals surface area contributed by atoms with Gasteiger partial charge in [-0.3, -0.25) is 4.57 Å². The first-order valence-corrected chi connectivity index (χ1v) is 11.4. The van der Waals surface area contributed by atoms with Crippen molar-refractivity contribution in [1.82, 2.24) is 25.0 Å². The number of nitrogens with zero attached hydrogens (tertiary/aromatic N) is 4. The Balaban J connectivity index is 0.00000363. The van der Waals surface area contributed by atoms with Crippen LogP contribution in [0.1, 0.15) is 57.0 Å². The van der Waals surface area contributed by atoms with Gasteiger partial charge in [-0.25, -0.2) is 14.5 Å². The van der Waals surface area contributed by atoms with Crippen LogP contribution >= 0.6 is 24.0 Å². The van der Waals surface area contributed by atoms with Gasteiger partial charge in [-0.2, -0.15) is 5.10 Å². The van der Waals surface area contributed by atoms with Gasteiger partial charge in [0.1, 0.15) is 11.6 Å². The summed E-state index contributed by atoms with van der Waals surface area (Å²) >= 11 is 0. The fourth-order valence-electron chi connectivity index (χ4n) is 3.69. The highest BCUT2D eigenvalue weighted by Gasteiger charge is 2.16. The number of nitrogens with one attached hydrogen (secondary N) is 2. The molecule has 0 saturated heterocycles. The fraction of sp³-hybridized carbons (Fsp3) is 0.609. The quantitative estimate of drug-likeness (QED) is 0.215. The molecule has 0 bridgehead atoms. The molecular formula is C23H37IN6O2. The smallest absolute Gasteiger partial charge is 0.345 e. The van der Waals surface area contributed by atoms with E-state index in [9.17, 15) is 4.79 Å². The van der Waals surface area contributed by atoms with Crippen LogP contribution < -0.4 is 21.1 Å². The minimum Gasteiger partial charge on any atom is -0.491 e. The molecule has 0 radical (unpaired) electrons. The van der Waals surface area contributed by atoms with E-state index in [4.69, 9.17) is 9.73 Å². The van der Waals surface area contributed by atoms with E-state index in [-0.39, 0.29) is 35.8 Å². The summed E-state index contributed by atoms with van der Waals surface area (Å²) in [6.07, 6.45) is 4.00. The predicted molar refractivity (Wildman–Crippen MR) is 139 cm³/mol. The summed E-state index contributed by atoms with van der Waals surface area (Å²) in [5.41, 5.74) is 2.25. The molecule has 0 amide bonds. The van der Waals surface area contributed by atoms with Crippen LogP contribution in [0.2, 0.25) is 0 Å². The summed E-state index contributed by atoms with van der Waals surface area (Å²) in [7, 11) is 0. The number of guanidine groups is 1. The van der Waals surface area contributed by atoms with Crippen molar-refractivity contribution in [2.75, 3.05) is 13.1 Å². The Labute approximate surface area is 207 Å². The lowest BCUT2D eigenvalue weighted by Gasteiger charge is -2.15. The molecule has 8 nitrogen and oxygen atoms in total. The summed E-state index contributed by atoms with van der Waals surface area (Å²) < 4.78 is 9.39. The molecule has 178 valence electrons. The number of aryl methyl sites for hydroxylation is 3. The third kappa shape index (κ3) is 7.25. The molecule has 3 rings (SSSR count). The average Bonchev–Trinajstić information content (AvgIpc) is 3.06. The van der Waals surface area contributed by atoms with Crippen molar-refractivity contribution in [3.63, 3.8) is 0 Å². The maximum absolute atomic E-state index is 12.4. The lowest BCUT2D eigenvalue weighted by molar-refractivity contribution is 0.240. The summed E-state index contributed by atoms with van der Waals surface area (Å²) in [5.74, 6) is 2.57. The third-order valence-electron chi connectivity index (χ3n) is 5.21. The monoisotopic (exact) mass is 556 g/mol. The SMILES string of the molecule is CCNC(=NCc1ccc(C)cc1OC(C)C)NCCCn1nc2n(c1=O)CCCC2.I. The minimum atomic E-state index is 0. The predicted octanol–water partition coefficient (Wildman–Crippen LogP) is 3.24. The maximum atomic E-state index is 12.4. The topological polar surface area (TPSA) is 85.5 Å². The van der Waals surface area contributed by atoms with Gasteiger partial charge in [0.25, 0.3) is 0 Å². The zero-order chi connectivity index (χ0) is 22.2. The Morgan fingerprint density at radius 2 is 2.09 bits per heavy atom. The van der Waals surface area contributed by atoms with Crippen molar-refractivity contribution < 1.29 is 4.74 Å².